The number of amides is 1. The maximum Gasteiger partial charge on any atom is 0.260 e. The molecule has 1 heterocycles. The molecular weight excluding hydrogens is 524 g/mol. The van der Waals surface area contributed by atoms with Gasteiger partial charge in [0, 0.05) is 18.6 Å². The number of hydrogen-bond donors (Lipinski definition) is 2. The molecule has 6 nitrogen and oxygen atoms in total. The van der Waals surface area contributed by atoms with Crippen LogP contribution in [0, 0.1) is 28.6 Å². The normalized spacial score (nSPS) is 39.9. The van der Waals surface area contributed by atoms with Gasteiger partial charge in [0.15, 0.2) is 6.61 Å². The molecule has 6 rings (SSSR count). The number of nitrogens with one attached hydrogen (secondary N) is 1. The zero-order valence-electron chi connectivity index (χ0n) is 26.3. The highest BCUT2D eigenvalue weighted by atomic mass is 16.6. The quantitative estimate of drug-likeness (QED) is 0.353. The van der Waals surface area contributed by atoms with Gasteiger partial charge in [0.25, 0.3) is 5.91 Å². The van der Waals surface area contributed by atoms with Crippen LogP contribution in [0.15, 0.2) is 47.1 Å². The summed E-state index contributed by atoms with van der Waals surface area (Å²) in [5.74, 6) is 1.98. The molecule has 3 saturated carbocycles. The molecule has 42 heavy (non-hydrogen) atoms. The van der Waals surface area contributed by atoms with E-state index in [-0.39, 0.29) is 40.5 Å². The van der Waals surface area contributed by atoms with Crippen molar-refractivity contribution in [2.45, 2.75) is 115 Å². The first-order valence-electron chi connectivity index (χ1n) is 16.6. The molecule has 1 amide bonds. The van der Waals surface area contributed by atoms with Crippen molar-refractivity contribution < 1.29 is 19.5 Å². The van der Waals surface area contributed by atoms with Crippen LogP contribution in [0.1, 0.15) is 104 Å². The summed E-state index contributed by atoms with van der Waals surface area (Å²) in [5.41, 5.74) is 3.98. The lowest BCUT2D eigenvalue weighted by Gasteiger charge is -2.57. The number of oxime groups is 1. The van der Waals surface area contributed by atoms with Crippen LogP contribution in [0.2, 0.25) is 0 Å². The first-order valence-corrected chi connectivity index (χ1v) is 16.6. The maximum atomic E-state index is 12.7. The van der Waals surface area contributed by atoms with Crippen LogP contribution in [0.5, 0.6) is 0 Å². The highest BCUT2D eigenvalue weighted by molar-refractivity contribution is 5.96. The Morgan fingerprint density at radius 2 is 1.83 bits per heavy atom. The molecule has 0 unspecified atom stereocenters. The molecule has 1 aromatic carbocycles. The number of fused-ring (bicyclic) bond motifs is 5. The van der Waals surface area contributed by atoms with E-state index in [0.717, 1.165) is 69.6 Å². The van der Waals surface area contributed by atoms with Crippen LogP contribution in [0.25, 0.3) is 0 Å². The fourth-order valence-corrected chi connectivity index (χ4v) is 10.2. The SMILES string of the molecule is CC1(C)C[C@](CCNC(=O)CO/N=C2/C=C3CC[C@H]4[C@@H]5CC[C@H](O)[C@@]5(C)CC[C@@H]4[C@@]3(C)CC2)(c2ccccc2)CCO1. The summed E-state index contributed by atoms with van der Waals surface area (Å²) in [7, 11) is 0. The summed E-state index contributed by atoms with van der Waals surface area (Å²) < 4.78 is 6.03. The van der Waals surface area contributed by atoms with Crippen molar-refractivity contribution in [2.75, 3.05) is 19.8 Å². The summed E-state index contributed by atoms with van der Waals surface area (Å²) in [6.07, 6.45) is 13.8. The molecule has 1 saturated heterocycles. The van der Waals surface area contributed by atoms with E-state index in [9.17, 15) is 9.90 Å². The zero-order valence-corrected chi connectivity index (χ0v) is 26.3. The van der Waals surface area contributed by atoms with E-state index in [0.29, 0.717) is 18.4 Å². The van der Waals surface area contributed by atoms with Crippen LogP contribution >= 0.6 is 0 Å². The lowest BCUT2D eigenvalue weighted by molar-refractivity contribution is -0.125. The van der Waals surface area contributed by atoms with Crippen molar-refractivity contribution in [1.29, 1.82) is 0 Å². The molecule has 0 aromatic heterocycles. The van der Waals surface area contributed by atoms with Crippen LogP contribution in [0.3, 0.4) is 0 Å². The first kappa shape index (κ1) is 29.9. The van der Waals surface area contributed by atoms with Gasteiger partial charge in [0.2, 0.25) is 0 Å². The number of carbonyl (C=O) groups is 1. The van der Waals surface area contributed by atoms with E-state index in [1.54, 1.807) is 0 Å². The number of aliphatic hydroxyl groups excluding tert-OH is 1. The van der Waals surface area contributed by atoms with E-state index in [1.807, 2.05) is 0 Å². The lowest BCUT2D eigenvalue weighted by Crippen LogP contribution is -2.51. The molecule has 1 aromatic rings. The average molecular weight is 577 g/mol. The molecule has 0 spiro atoms. The highest BCUT2D eigenvalue weighted by Crippen LogP contribution is 2.65. The van der Waals surface area contributed by atoms with Gasteiger partial charge in [-0.05, 0) is 125 Å². The smallest absolute Gasteiger partial charge is 0.260 e. The zero-order chi connectivity index (χ0) is 29.6. The number of aliphatic hydroxyl groups is 1. The minimum Gasteiger partial charge on any atom is -0.393 e. The molecule has 4 fully saturated rings. The Morgan fingerprint density at radius 1 is 1.02 bits per heavy atom. The van der Waals surface area contributed by atoms with Crippen LogP contribution in [-0.4, -0.2) is 48.2 Å². The second-order valence-electron chi connectivity index (χ2n) is 15.3. The van der Waals surface area contributed by atoms with Crippen molar-refractivity contribution in [3.8, 4) is 0 Å². The standard InChI is InChI=1S/C36H52N2O4/c1-33(2)24-36(19-21-41-33,25-8-6-5-7-9-25)18-20-37-32(40)23-42-38-27-14-16-34(3)26(22-27)10-11-28-29-12-13-31(39)35(29,4)17-15-30(28)34/h5-9,22,28-31,39H,10-21,23-24H2,1-4H3,(H,37,40)/b38-27+/t28-,29-,30-,31-,34-,35-,36+/m0/s1. The Kier molecular flexibility index (Phi) is 8.10. The Bertz CT molecular complexity index is 1210. The first-order chi connectivity index (χ1) is 20.0. The van der Waals surface area contributed by atoms with Crippen LogP contribution in [-0.2, 0) is 19.8 Å². The summed E-state index contributed by atoms with van der Waals surface area (Å²) in [5, 5.41) is 18.3. The predicted molar refractivity (Wildman–Crippen MR) is 166 cm³/mol. The highest BCUT2D eigenvalue weighted by Gasteiger charge is 2.58. The van der Waals surface area contributed by atoms with Crippen molar-refractivity contribution in [2.24, 2.45) is 33.7 Å². The van der Waals surface area contributed by atoms with Gasteiger partial charge in [-0.25, -0.2) is 0 Å². The molecule has 230 valence electrons. The van der Waals surface area contributed by atoms with Crippen molar-refractivity contribution in [1.82, 2.24) is 5.32 Å². The molecule has 0 radical (unpaired) electrons. The third kappa shape index (κ3) is 5.47. The topological polar surface area (TPSA) is 80.2 Å². The predicted octanol–water partition coefficient (Wildman–Crippen LogP) is 6.72. The van der Waals surface area contributed by atoms with E-state index < -0.39 is 0 Å². The van der Waals surface area contributed by atoms with Gasteiger partial charge in [-0.2, -0.15) is 0 Å². The van der Waals surface area contributed by atoms with E-state index in [4.69, 9.17) is 9.57 Å². The van der Waals surface area contributed by atoms with E-state index in [1.165, 1.54) is 30.4 Å². The Hall–Kier alpha value is -2.18. The van der Waals surface area contributed by atoms with Gasteiger partial charge in [0.05, 0.1) is 17.4 Å². The Labute approximate surface area is 252 Å². The third-order valence-corrected chi connectivity index (χ3v) is 12.5. The van der Waals surface area contributed by atoms with Crippen molar-refractivity contribution in [3.05, 3.63) is 47.5 Å². The molecule has 1 aliphatic heterocycles. The number of rotatable bonds is 7. The molecule has 6 heteroatoms. The Balaban J connectivity index is 1.02. The summed E-state index contributed by atoms with van der Waals surface area (Å²) >= 11 is 0. The Morgan fingerprint density at radius 3 is 2.62 bits per heavy atom. The number of allylic oxidation sites excluding steroid dienone is 2. The van der Waals surface area contributed by atoms with Gasteiger partial charge in [-0.15, -0.1) is 0 Å². The van der Waals surface area contributed by atoms with Gasteiger partial charge >= 0.3 is 0 Å². The van der Waals surface area contributed by atoms with Gasteiger partial charge in [0.1, 0.15) is 0 Å². The summed E-state index contributed by atoms with van der Waals surface area (Å²) in [6, 6.07) is 10.7. The van der Waals surface area contributed by atoms with Crippen molar-refractivity contribution >= 4 is 11.6 Å². The second-order valence-corrected chi connectivity index (χ2v) is 15.3. The van der Waals surface area contributed by atoms with E-state index >= 15 is 0 Å². The number of benzene rings is 1. The molecule has 2 N–H and O–H groups in total. The minimum atomic E-state index is -0.183. The van der Waals surface area contributed by atoms with Crippen molar-refractivity contribution in [3.63, 3.8) is 0 Å². The number of hydrogen-bond acceptors (Lipinski definition) is 5. The van der Waals surface area contributed by atoms with Gasteiger partial charge < -0.3 is 20.0 Å². The fourth-order valence-electron chi connectivity index (χ4n) is 10.2. The summed E-state index contributed by atoms with van der Waals surface area (Å²) in [4.78, 5) is 18.3. The lowest BCUT2D eigenvalue weighted by atomic mass is 9.47. The number of carbonyl (C=O) groups excluding carboxylic acids is 1. The van der Waals surface area contributed by atoms with Gasteiger partial charge in [-0.3, -0.25) is 4.79 Å². The van der Waals surface area contributed by atoms with E-state index in [2.05, 4.69) is 74.6 Å². The maximum absolute atomic E-state index is 12.7. The number of nitrogens with zero attached hydrogens (tertiary/aromatic N) is 1. The molecule has 7 atom stereocenters. The average Bonchev–Trinajstić information content (AvgIpc) is 3.27. The van der Waals surface area contributed by atoms with Crippen LogP contribution < -0.4 is 5.32 Å². The monoisotopic (exact) mass is 576 g/mol. The largest absolute Gasteiger partial charge is 0.393 e. The second kappa shape index (κ2) is 11.4. The number of ether oxygens (including phenoxy) is 1. The molecule has 0 bridgehead atoms. The fraction of sp³-hybridized carbons (Fsp3) is 0.722. The van der Waals surface area contributed by atoms with Crippen LogP contribution in [0.4, 0.5) is 0 Å². The third-order valence-electron chi connectivity index (χ3n) is 12.5. The van der Waals surface area contributed by atoms with Gasteiger partial charge in [-0.1, -0.05) is 54.9 Å². The minimum absolute atomic E-state index is 0.00810. The molecule has 5 aliphatic rings. The molecule has 4 aliphatic carbocycles. The molecular formula is C36H52N2O4. The summed E-state index contributed by atoms with van der Waals surface area (Å²) in [6.45, 7) is 10.4.